The van der Waals surface area contributed by atoms with E-state index in [4.69, 9.17) is 17.4 Å². The first kappa shape index (κ1) is 30.3. The third-order valence-corrected chi connectivity index (χ3v) is 8.20. The number of amides is 2. The monoisotopic (exact) mass is 630 g/mol. The molecule has 16 heteroatoms. The van der Waals surface area contributed by atoms with Crippen LogP contribution in [-0.2, 0) is 25.4 Å². The summed E-state index contributed by atoms with van der Waals surface area (Å²) in [5.41, 5.74) is 8.82. The summed E-state index contributed by atoms with van der Waals surface area (Å²) in [5.74, 6) is 6.75. The molecule has 4 aromatic rings. The van der Waals surface area contributed by atoms with Crippen LogP contribution < -0.4 is 49.2 Å². The zero-order chi connectivity index (χ0) is 32.7. The molecule has 1 aliphatic heterocycles. The minimum Gasteiger partial charge on any atom is -0.394 e. The molecular formula is C30H28F2N10O4. The molecule has 1 atom stereocenters. The van der Waals surface area contributed by atoms with Crippen LogP contribution in [0.25, 0.3) is 0 Å². The number of aryl methyl sites for hydroxylation is 1. The Bertz CT molecular complexity index is 1990. The molecule has 46 heavy (non-hydrogen) atoms. The van der Waals surface area contributed by atoms with E-state index in [-0.39, 0.29) is 53.0 Å². The SMILES string of the molecule is N/N=C(\NN)c1ccc2c(c1)CCC2NC(=O)c1cc(C(=O)NCc2ccc3c(c2)CN(c2c(N)c(=O)c2=O)CC3(F)F)ncn1. The van der Waals surface area contributed by atoms with Crippen molar-refractivity contribution >= 4 is 29.0 Å². The van der Waals surface area contributed by atoms with Gasteiger partial charge in [0.05, 0.1) is 12.6 Å². The third kappa shape index (κ3) is 5.38. The van der Waals surface area contributed by atoms with Crippen LogP contribution >= 0.6 is 0 Å². The van der Waals surface area contributed by atoms with Gasteiger partial charge in [-0.1, -0.05) is 30.3 Å². The van der Waals surface area contributed by atoms with Crippen LogP contribution in [0.1, 0.15) is 66.8 Å². The predicted octanol–water partition coefficient (Wildman–Crippen LogP) is 0.198. The van der Waals surface area contributed by atoms with Gasteiger partial charge in [0.1, 0.15) is 29.1 Å². The summed E-state index contributed by atoms with van der Waals surface area (Å²) in [7, 11) is 0. The van der Waals surface area contributed by atoms with Crippen molar-refractivity contribution in [3.05, 3.63) is 114 Å². The second-order valence-corrected chi connectivity index (χ2v) is 11.0. The van der Waals surface area contributed by atoms with Gasteiger partial charge < -0.3 is 32.5 Å². The Labute approximate surface area is 259 Å². The molecule has 236 valence electrons. The Hall–Kier alpha value is -5.77. The fourth-order valence-corrected chi connectivity index (χ4v) is 5.92. The van der Waals surface area contributed by atoms with Gasteiger partial charge in [-0.25, -0.2) is 15.8 Å². The molecule has 2 amide bonds. The van der Waals surface area contributed by atoms with Crippen LogP contribution in [0.15, 0.2) is 63.5 Å². The highest BCUT2D eigenvalue weighted by atomic mass is 19.3. The highest BCUT2D eigenvalue weighted by molar-refractivity contribution is 5.99. The minimum absolute atomic E-state index is 0.0104. The van der Waals surface area contributed by atoms with Gasteiger partial charge in [0.15, 0.2) is 5.84 Å². The number of carbonyl (C=O) groups is 2. The van der Waals surface area contributed by atoms with E-state index in [1.165, 1.54) is 24.3 Å². The van der Waals surface area contributed by atoms with E-state index in [0.717, 1.165) is 22.4 Å². The number of nitrogens with zero attached hydrogens (tertiary/aromatic N) is 4. The van der Waals surface area contributed by atoms with Crippen molar-refractivity contribution in [2.45, 2.75) is 37.9 Å². The van der Waals surface area contributed by atoms with Crippen molar-refractivity contribution in [1.29, 1.82) is 0 Å². The van der Waals surface area contributed by atoms with Crippen molar-refractivity contribution in [3.8, 4) is 0 Å². The number of nitrogens with one attached hydrogen (secondary N) is 3. The molecule has 1 aromatic heterocycles. The number of hydrazine groups is 1. The molecule has 0 saturated heterocycles. The van der Waals surface area contributed by atoms with Gasteiger partial charge in [-0.05, 0) is 41.2 Å². The number of amidine groups is 1. The van der Waals surface area contributed by atoms with Gasteiger partial charge in [0.25, 0.3) is 28.6 Å². The number of hydrazone groups is 1. The van der Waals surface area contributed by atoms with Gasteiger partial charge >= 0.3 is 0 Å². The van der Waals surface area contributed by atoms with Gasteiger partial charge in [0, 0.05) is 30.3 Å². The molecule has 0 saturated carbocycles. The smallest absolute Gasteiger partial charge is 0.290 e. The van der Waals surface area contributed by atoms with Crippen molar-refractivity contribution in [1.82, 2.24) is 26.0 Å². The van der Waals surface area contributed by atoms with E-state index >= 15 is 0 Å². The molecule has 0 spiro atoms. The Morgan fingerprint density at radius 2 is 1.78 bits per heavy atom. The van der Waals surface area contributed by atoms with Crippen molar-refractivity contribution in [2.24, 2.45) is 16.8 Å². The summed E-state index contributed by atoms with van der Waals surface area (Å²) in [6.07, 6.45) is 2.46. The number of alkyl halides is 2. The molecule has 6 rings (SSSR count). The Kier molecular flexibility index (Phi) is 7.65. The maximum atomic E-state index is 14.9. The van der Waals surface area contributed by atoms with E-state index in [0.29, 0.717) is 29.8 Å². The molecule has 0 fully saturated rings. The number of aromatic nitrogens is 2. The Morgan fingerprint density at radius 3 is 2.50 bits per heavy atom. The molecule has 0 bridgehead atoms. The highest BCUT2D eigenvalue weighted by Gasteiger charge is 2.42. The zero-order valence-corrected chi connectivity index (χ0v) is 24.1. The molecule has 14 nitrogen and oxygen atoms in total. The maximum absolute atomic E-state index is 14.9. The standard InChI is InChI=1S/C30H28F2N10O4/c31-30(32)12-42(24-23(33)25(43)26(24)44)11-17-7-14(1-5-19(17)30)10-36-28(45)21-9-22(38-13-37-21)29(46)39-20-6-3-15-8-16(2-4-18(15)20)27(40-34)41-35/h1-2,4-5,7-9,13,20H,3,6,10-12,33-35H2,(H,36,45)(H,39,46)(H,40,41). The number of nitrogens with two attached hydrogens (primary N) is 3. The topological polar surface area (TPSA) is 224 Å². The third-order valence-electron chi connectivity index (χ3n) is 8.20. The van der Waals surface area contributed by atoms with Gasteiger partial charge in [0.2, 0.25) is 0 Å². The molecule has 1 aliphatic carbocycles. The molecule has 3 aromatic carbocycles. The largest absolute Gasteiger partial charge is 0.394 e. The normalized spacial score (nSPS) is 16.9. The van der Waals surface area contributed by atoms with E-state index in [1.807, 2.05) is 12.1 Å². The maximum Gasteiger partial charge on any atom is 0.290 e. The molecular weight excluding hydrogens is 602 g/mol. The van der Waals surface area contributed by atoms with Crippen molar-refractivity contribution in [3.63, 3.8) is 0 Å². The number of hydrogen-bond donors (Lipinski definition) is 6. The van der Waals surface area contributed by atoms with E-state index in [9.17, 15) is 28.0 Å². The van der Waals surface area contributed by atoms with Crippen LogP contribution in [-0.4, -0.2) is 34.2 Å². The fraction of sp³-hybridized carbons (Fsp3) is 0.233. The lowest BCUT2D eigenvalue weighted by atomic mass is 9.93. The number of hydrogen-bond acceptors (Lipinski definition) is 11. The van der Waals surface area contributed by atoms with Crippen LogP contribution in [0.3, 0.4) is 0 Å². The quantitative estimate of drug-likeness (QED) is 0.0532. The number of fused-ring (bicyclic) bond motifs is 2. The molecule has 2 heterocycles. The second kappa shape index (κ2) is 11.6. The highest BCUT2D eigenvalue weighted by Crippen LogP contribution is 2.39. The number of nitrogen functional groups attached to an aromatic ring is 1. The first-order chi connectivity index (χ1) is 22.0. The lowest BCUT2D eigenvalue weighted by molar-refractivity contribution is -0.00253. The summed E-state index contributed by atoms with van der Waals surface area (Å²) in [6.45, 7) is -0.893. The first-order valence-electron chi connectivity index (χ1n) is 14.1. The molecule has 9 N–H and O–H groups in total. The van der Waals surface area contributed by atoms with Crippen LogP contribution in [0.2, 0.25) is 0 Å². The summed E-state index contributed by atoms with van der Waals surface area (Å²) in [6, 6.07) is 10.8. The van der Waals surface area contributed by atoms with Gasteiger partial charge in [-0.3, -0.25) is 19.2 Å². The van der Waals surface area contributed by atoms with E-state index in [2.05, 4.69) is 31.1 Å². The summed E-state index contributed by atoms with van der Waals surface area (Å²) < 4.78 is 29.9. The minimum atomic E-state index is -3.30. The summed E-state index contributed by atoms with van der Waals surface area (Å²) in [4.78, 5) is 58.6. The Morgan fingerprint density at radius 1 is 1.02 bits per heavy atom. The van der Waals surface area contributed by atoms with Crippen molar-refractivity contribution < 1.29 is 18.4 Å². The van der Waals surface area contributed by atoms with E-state index in [1.54, 1.807) is 6.07 Å². The number of benzene rings is 2. The lowest BCUT2D eigenvalue weighted by Crippen LogP contribution is -2.48. The van der Waals surface area contributed by atoms with Crippen LogP contribution in [0.4, 0.5) is 20.2 Å². The van der Waals surface area contributed by atoms with Gasteiger partial charge in [-0.15, -0.1) is 0 Å². The average molecular weight is 631 g/mol. The van der Waals surface area contributed by atoms with Crippen LogP contribution in [0.5, 0.6) is 0 Å². The fourth-order valence-electron chi connectivity index (χ4n) is 5.92. The molecule has 0 radical (unpaired) electrons. The Balaban J connectivity index is 1.11. The molecule has 1 unspecified atom stereocenters. The number of halogens is 2. The second-order valence-electron chi connectivity index (χ2n) is 11.0. The zero-order valence-electron chi connectivity index (χ0n) is 24.1. The van der Waals surface area contributed by atoms with Crippen molar-refractivity contribution in [2.75, 3.05) is 17.2 Å². The summed E-state index contributed by atoms with van der Waals surface area (Å²) >= 11 is 0. The number of rotatable bonds is 7. The number of carbonyl (C=O) groups excluding carboxylic acids is 2. The predicted molar refractivity (Wildman–Crippen MR) is 163 cm³/mol. The van der Waals surface area contributed by atoms with E-state index < -0.39 is 35.1 Å². The average Bonchev–Trinajstić information content (AvgIpc) is 3.45. The molecule has 2 aliphatic rings. The number of anilines is 2. The van der Waals surface area contributed by atoms with Gasteiger partial charge in [-0.2, -0.15) is 13.9 Å². The van der Waals surface area contributed by atoms with Crippen LogP contribution in [0, 0.1) is 0 Å². The first-order valence-corrected chi connectivity index (χ1v) is 14.1. The summed E-state index contributed by atoms with van der Waals surface area (Å²) in [5, 5.41) is 9.23. The lowest BCUT2D eigenvalue weighted by Gasteiger charge is -2.36.